The molecule has 1 saturated carbocycles. The third-order valence-corrected chi connectivity index (χ3v) is 3.23. The molecule has 1 N–H and O–H groups in total. The Kier molecular flexibility index (Phi) is 6.14. The molecule has 0 atom stereocenters. The quantitative estimate of drug-likeness (QED) is 0.936. The van der Waals surface area contributed by atoms with E-state index >= 15 is 0 Å². The van der Waals surface area contributed by atoms with Crippen LogP contribution in [0.2, 0.25) is 0 Å². The Morgan fingerprint density at radius 2 is 1.90 bits per heavy atom. The van der Waals surface area contributed by atoms with Gasteiger partial charge in [0, 0.05) is 24.6 Å². The van der Waals surface area contributed by atoms with Crippen molar-refractivity contribution in [3.63, 3.8) is 0 Å². The highest BCUT2D eigenvalue weighted by molar-refractivity contribution is 5.27. The van der Waals surface area contributed by atoms with Crippen molar-refractivity contribution in [2.45, 2.75) is 38.1 Å². The van der Waals surface area contributed by atoms with E-state index < -0.39 is 0 Å². The highest BCUT2D eigenvalue weighted by atomic mass is 15.1. The number of aromatic nitrogens is 3. The summed E-state index contributed by atoms with van der Waals surface area (Å²) in [6.07, 6.45) is 10.5. The van der Waals surface area contributed by atoms with Crippen LogP contribution in [0.5, 0.6) is 0 Å². The fraction of sp³-hybridized carbons (Fsp3) is 0.375. The molecule has 5 heteroatoms. The molecule has 1 aliphatic rings. The van der Waals surface area contributed by atoms with Crippen LogP contribution in [0.1, 0.15) is 31.4 Å². The fourth-order valence-electron chi connectivity index (χ4n) is 2.21. The molecule has 3 rings (SSSR count). The molecule has 0 unspecified atom stereocenters. The van der Waals surface area contributed by atoms with Crippen LogP contribution in [-0.2, 0) is 6.42 Å². The van der Waals surface area contributed by atoms with Gasteiger partial charge in [-0.1, -0.05) is 18.9 Å². The summed E-state index contributed by atoms with van der Waals surface area (Å²) in [5, 5.41) is 11.9. The molecule has 2 heterocycles. The highest BCUT2D eigenvalue weighted by Gasteiger charge is 2.15. The van der Waals surface area contributed by atoms with Gasteiger partial charge < -0.3 is 5.32 Å². The van der Waals surface area contributed by atoms with Gasteiger partial charge in [-0.25, -0.2) is 9.97 Å². The van der Waals surface area contributed by atoms with Gasteiger partial charge in [-0.3, -0.25) is 4.98 Å². The summed E-state index contributed by atoms with van der Waals surface area (Å²) < 4.78 is 0. The Bertz CT molecular complexity index is 532. The lowest BCUT2D eigenvalue weighted by Crippen LogP contribution is -2.16. The summed E-state index contributed by atoms with van der Waals surface area (Å²) >= 11 is 0. The van der Waals surface area contributed by atoms with E-state index in [2.05, 4.69) is 26.3 Å². The number of nitrogens with zero attached hydrogens (tertiary/aromatic N) is 4. The van der Waals surface area contributed by atoms with E-state index in [1.54, 1.807) is 24.7 Å². The van der Waals surface area contributed by atoms with Gasteiger partial charge in [-0.15, -0.1) is 0 Å². The molecule has 108 valence electrons. The van der Waals surface area contributed by atoms with E-state index in [1.807, 2.05) is 18.2 Å². The zero-order valence-electron chi connectivity index (χ0n) is 11.9. The number of hydrogen-bond acceptors (Lipinski definition) is 5. The number of nitriles is 1. The molecule has 1 fully saturated rings. The van der Waals surface area contributed by atoms with Crippen LogP contribution in [0, 0.1) is 11.3 Å². The van der Waals surface area contributed by atoms with Gasteiger partial charge in [0.05, 0.1) is 18.2 Å². The molecule has 1 aliphatic carbocycles. The van der Waals surface area contributed by atoms with Gasteiger partial charge in [0.1, 0.15) is 0 Å². The first-order valence-corrected chi connectivity index (χ1v) is 7.19. The highest BCUT2D eigenvalue weighted by Crippen LogP contribution is 2.20. The smallest absolute Gasteiger partial charge is 0.223 e. The van der Waals surface area contributed by atoms with E-state index in [0.29, 0.717) is 18.4 Å². The molecule has 0 spiro atoms. The van der Waals surface area contributed by atoms with E-state index in [-0.39, 0.29) is 0 Å². The van der Waals surface area contributed by atoms with E-state index in [9.17, 15) is 0 Å². The Hall–Kier alpha value is -2.48. The predicted molar refractivity (Wildman–Crippen MR) is 81.5 cm³/mol. The average Bonchev–Trinajstić information content (AvgIpc) is 3.03. The maximum atomic E-state index is 8.56. The zero-order chi connectivity index (χ0) is 14.8. The van der Waals surface area contributed by atoms with Crippen molar-refractivity contribution in [1.29, 1.82) is 5.26 Å². The van der Waals surface area contributed by atoms with Crippen molar-refractivity contribution >= 4 is 5.95 Å². The van der Waals surface area contributed by atoms with Crippen LogP contribution < -0.4 is 5.32 Å². The van der Waals surface area contributed by atoms with Crippen molar-refractivity contribution < 1.29 is 0 Å². The minimum absolute atomic E-state index is 0.349. The molecule has 2 aromatic heterocycles. The van der Waals surface area contributed by atoms with Crippen LogP contribution in [-0.4, -0.2) is 21.0 Å². The molecular weight excluding hydrogens is 262 g/mol. The summed E-state index contributed by atoms with van der Waals surface area (Å²) in [4.78, 5) is 12.2. The van der Waals surface area contributed by atoms with Crippen molar-refractivity contribution in [2.75, 3.05) is 5.32 Å². The fourth-order valence-corrected chi connectivity index (χ4v) is 2.21. The molecule has 0 bridgehead atoms. The Labute approximate surface area is 125 Å². The van der Waals surface area contributed by atoms with Gasteiger partial charge in [-0.2, -0.15) is 5.26 Å². The largest absolute Gasteiger partial charge is 0.351 e. The monoisotopic (exact) mass is 281 g/mol. The molecule has 0 amide bonds. The summed E-state index contributed by atoms with van der Waals surface area (Å²) in [6.45, 7) is 0. The predicted octanol–water partition coefficient (Wildman–Crippen LogP) is 2.98. The topological polar surface area (TPSA) is 74.5 Å². The summed E-state index contributed by atoms with van der Waals surface area (Å²) in [5.74, 6) is 0.662. The molecule has 5 nitrogen and oxygen atoms in total. The second-order valence-electron chi connectivity index (χ2n) is 4.86. The molecule has 0 saturated heterocycles. The Balaban J connectivity index is 0.000000225. The lowest BCUT2D eigenvalue weighted by atomic mass is 10.2. The Morgan fingerprint density at radius 1 is 1.14 bits per heavy atom. The Morgan fingerprint density at radius 3 is 2.48 bits per heavy atom. The second kappa shape index (κ2) is 8.64. The minimum Gasteiger partial charge on any atom is -0.351 e. The third kappa shape index (κ3) is 5.57. The van der Waals surface area contributed by atoms with Gasteiger partial charge in [0.2, 0.25) is 5.95 Å². The van der Waals surface area contributed by atoms with Crippen molar-refractivity contribution in [1.82, 2.24) is 15.0 Å². The normalized spacial score (nSPS) is 13.9. The van der Waals surface area contributed by atoms with Gasteiger partial charge >= 0.3 is 0 Å². The summed E-state index contributed by atoms with van der Waals surface area (Å²) in [7, 11) is 0. The average molecular weight is 281 g/mol. The number of nitrogens with one attached hydrogen (secondary N) is 1. The van der Waals surface area contributed by atoms with Crippen molar-refractivity contribution in [2.24, 2.45) is 0 Å². The summed E-state index contributed by atoms with van der Waals surface area (Å²) in [5.41, 5.74) is 0.785. The maximum absolute atomic E-state index is 8.56. The third-order valence-electron chi connectivity index (χ3n) is 3.23. The van der Waals surface area contributed by atoms with E-state index in [1.165, 1.54) is 25.7 Å². The number of anilines is 1. The first-order chi connectivity index (χ1) is 10.4. The lowest BCUT2D eigenvalue weighted by molar-refractivity contribution is 0.742. The van der Waals surface area contributed by atoms with Crippen LogP contribution >= 0.6 is 0 Å². The molecule has 0 aliphatic heterocycles. The van der Waals surface area contributed by atoms with Crippen LogP contribution in [0.15, 0.2) is 42.9 Å². The van der Waals surface area contributed by atoms with E-state index in [0.717, 1.165) is 5.69 Å². The van der Waals surface area contributed by atoms with Crippen molar-refractivity contribution in [3.8, 4) is 6.07 Å². The molecule has 0 radical (unpaired) electrons. The molecule has 21 heavy (non-hydrogen) atoms. The maximum Gasteiger partial charge on any atom is 0.223 e. The lowest BCUT2D eigenvalue weighted by Gasteiger charge is -2.11. The standard InChI is InChI=1S/C11H14N4.C5H5N/c12-7-5-10-6-8-13-11(15-10)14-9-3-1-2-4-9;1-2-4-6-5-3-1/h6,8-9H,1-5H2,(H,13,14,15);1-5H. The number of rotatable bonds is 3. The number of hydrogen-bond donors (Lipinski definition) is 1. The molecule has 2 aromatic rings. The minimum atomic E-state index is 0.349. The van der Waals surface area contributed by atoms with E-state index in [4.69, 9.17) is 5.26 Å². The SMILES string of the molecule is N#CCc1ccnc(NC2CCCC2)n1.c1ccncc1. The van der Waals surface area contributed by atoms with Crippen LogP contribution in [0.25, 0.3) is 0 Å². The second-order valence-corrected chi connectivity index (χ2v) is 4.86. The first kappa shape index (κ1) is 14.9. The van der Waals surface area contributed by atoms with Gasteiger partial charge in [0.15, 0.2) is 0 Å². The van der Waals surface area contributed by atoms with Crippen LogP contribution in [0.3, 0.4) is 0 Å². The van der Waals surface area contributed by atoms with Crippen molar-refractivity contribution in [3.05, 3.63) is 48.5 Å². The summed E-state index contributed by atoms with van der Waals surface area (Å²) in [6, 6.07) is 10.1. The van der Waals surface area contributed by atoms with Crippen LogP contribution in [0.4, 0.5) is 5.95 Å². The molecule has 0 aromatic carbocycles. The first-order valence-electron chi connectivity index (χ1n) is 7.19. The number of pyridine rings is 1. The molecular formula is C16H19N5. The van der Waals surface area contributed by atoms with Gasteiger partial charge in [-0.05, 0) is 31.0 Å². The van der Waals surface area contributed by atoms with Gasteiger partial charge in [0.25, 0.3) is 0 Å². The zero-order valence-corrected chi connectivity index (χ0v) is 11.9.